The fourth-order valence-electron chi connectivity index (χ4n) is 1.83. The third-order valence-corrected chi connectivity index (χ3v) is 3.44. The van der Waals surface area contributed by atoms with Crippen LogP contribution in [0.1, 0.15) is 28.9 Å². The largest absolute Gasteiger partial charge is 0.346 e. The van der Waals surface area contributed by atoms with Gasteiger partial charge in [-0.3, -0.25) is 4.79 Å². The molecule has 0 aromatic heterocycles. The van der Waals surface area contributed by atoms with Crippen LogP contribution in [0.2, 0.25) is 0 Å². The molecule has 110 valence electrons. The highest BCUT2D eigenvalue weighted by Gasteiger charge is 2.17. The molecule has 6 heteroatoms. The lowest BCUT2D eigenvalue weighted by Gasteiger charge is -2.15. The molecule has 0 saturated carbocycles. The van der Waals surface area contributed by atoms with E-state index in [1.165, 1.54) is 0 Å². The molecule has 2 rings (SSSR count). The van der Waals surface area contributed by atoms with Crippen LogP contribution < -0.4 is 5.32 Å². The molecule has 2 nitrogen and oxygen atoms in total. The summed E-state index contributed by atoms with van der Waals surface area (Å²) in [5.74, 6) is -5.06. The van der Waals surface area contributed by atoms with Gasteiger partial charge in [-0.25, -0.2) is 13.2 Å². The second kappa shape index (κ2) is 6.30. The first-order valence-corrected chi connectivity index (χ1v) is 6.88. The zero-order valence-corrected chi connectivity index (χ0v) is 12.5. The number of carbonyl (C=O) groups is 1. The van der Waals surface area contributed by atoms with Crippen molar-refractivity contribution in [1.82, 2.24) is 5.32 Å². The maximum absolute atomic E-state index is 13.1. The van der Waals surface area contributed by atoms with Crippen LogP contribution in [0.5, 0.6) is 0 Å². The van der Waals surface area contributed by atoms with Crippen LogP contribution in [-0.4, -0.2) is 5.91 Å². The lowest BCUT2D eigenvalue weighted by atomic mass is 10.1. The van der Waals surface area contributed by atoms with E-state index in [0.717, 1.165) is 10.0 Å². The van der Waals surface area contributed by atoms with Gasteiger partial charge in [-0.1, -0.05) is 28.1 Å². The third-order valence-electron chi connectivity index (χ3n) is 2.94. The van der Waals surface area contributed by atoms with Crippen molar-refractivity contribution >= 4 is 21.8 Å². The Morgan fingerprint density at radius 3 is 2.33 bits per heavy atom. The summed E-state index contributed by atoms with van der Waals surface area (Å²) in [6.45, 7) is 1.73. The fourth-order valence-corrected chi connectivity index (χ4v) is 2.24. The molecule has 1 N–H and O–H groups in total. The van der Waals surface area contributed by atoms with E-state index in [0.29, 0.717) is 12.1 Å². The maximum Gasteiger partial charge on any atom is 0.251 e. The van der Waals surface area contributed by atoms with Crippen molar-refractivity contribution in [3.05, 3.63) is 69.4 Å². The van der Waals surface area contributed by atoms with Gasteiger partial charge in [0.15, 0.2) is 17.5 Å². The molecule has 0 saturated heterocycles. The zero-order chi connectivity index (χ0) is 15.6. The van der Waals surface area contributed by atoms with Crippen LogP contribution in [-0.2, 0) is 0 Å². The number of hydrogen-bond donors (Lipinski definition) is 1. The van der Waals surface area contributed by atoms with Gasteiger partial charge in [0.25, 0.3) is 5.91 Å². The number of carbonyl (C=O) groups excluding carboxylic acids is 1. The number of amides is 1. The summed E-state index contributed by atoms with van der Waals surface area (Å²) in [5.41, 5.74) is 0.550. The van der Waals surface area contributed by atoms with Crippen LogP contribution in [0.3, 0.4) is 0 Å². The summed E-state index contributed by atoms with van der Waals surface area (Å²) in [5, 5.41) is 2.60. The molecular weight excluding hydrogens is 347 g/mol. The van der Waals surface area contributed by atoms with Crippen molar-refractivity contribution in [2.24, 2.45) is 0 Å². The monoisotopic (exact) mass is 357 g/mol. The van der Waals surface area contributed by atoms with Gasteiger partial charge in [0, 0.05) is 10.0 Å². The molecule has 0 aliphatic carbocycles. The van der Waals surface area contributed by atoms with Crippen molar-refractivity contribution < 1.29 is 18.0 Å². The predicted octanol–water partition coefficient (Wildman–Crippen LogP) is 4.36. The predicted molar refractivity (Wildman–Crippen MR) is 76.3 cm³/mol. The van der Waals surface area contributed by atoms with E-state index in [9.17, 15) is 18.0 Å². The Labute approximate surface area is 128 Å². The fraction of sp³-hybridized carbons (Fsp3) is 0.133. The lowest BCUT2D eigenvalue weighted by molar-refractivity contribution is 0.0938. The Balaban J connectivity index is 2.18. The summed E-state index contributed by atoms with van der Waals surface area (Å²) in [6, 6.07) is 8.23. The zero-order valence-electron chi connectivity index (χ0n) is 11.0. The quantitative estimate of drug-likeness (QED) is 0.812. The van der Waals surface area contributed by atoms with E-state index in [2.05, 4.69) is 21.2 Å². The molecule has 0 radical (unpaired) electrons. The molecule has 1 atom stereocenters. The highest BCUT2D eigenvalue weighted by atomic mass is 79.9. The molecular formula is C15H11BrF3NO. The van der Waals surface area contributed by atoms with E-state index in [4.69, 9.17) is 0 Å². The third kappa shape index (κ3) is 3.64. The van der Waals surface area contributed by atoms with Gasteiger partial charge in [-0.05, 0) is 36.8 Å². The van der Waals surface area contributed by atoms with Gasteiger partial charge in [-0.15, -0.1) is 0 Å². The van der Waals surface area contributed by atoms with Crippen molar-refractivity contribution in [3.8, 4) is 0 Å². The van der Waals surface area contributed by atoms with Crippen LogP contribution >= 0.6 is 15.9 Å². The summed E-state index contributed by atoms with van der Waals surface area (Å²) < 4.78 is 39.9. The normalized spacial score (nSPS) is 12.0. The first kappa shape index (κ1) is 15.6. The molecule has 0 spiro atoms. The molecule has 1 unspecified atom stereocenters. The minimum absolute atomic E-state index is 0.270. The average molecular weight is 358 g/mol. The molecule has 2 aromatic rings. The second-order valence-corrected chi connectivity index (χ2v) is 5.42. The number of rotatable bonds is 3. The first-order chi connectivity index (χ1) is 9.88. The summed E-state index contributed by atoms with van der Waals surface area (Å²) in [4.78, 5) is 12.0. The van der Waals surface area contributed by atoms with Crippen LogP contribution in [0.15, 0.2) is 40.9 Å². The van der Waals surface area contributed by atoms with E-state index < -0.39 is 23.4 Å². The van der Waals surface area contributed by atoms with Crippen LogP contribution in [0.25, 0.3) is 0 Å². The molecule has 0 aliphatic heterocycles. The van der Waals surface area contributed by atoms with Crippen LogP contribution in [0.4, 0.5) is 13.2 Å². The highest BCUT2D eigenvalue weighted by molar-refractivity contribution is 9.10. The number of nitrogens with one attached hydrogen (secondary N) is 1. The molecule has 0 fully saturated rings. The molecule has 2 aromatic carbocycles. The minimum Gasteiger partial charge on any atom is -0.346 e. The van der Waals surface area contributed by atoms with E-state index in [1.807, 2.05) is 18.2 Å². The van der Waals surface area contributed by atoms with Crippen molar-refractivity contribution in [3.63, 3.8) is 0 Å². The molecule has 1 amide bonds. The van der Waals surface area contributed by atoms with E-state index in [1.54, 1.807) is 13.0 Å². The Bertz CT molecular complexity index is 667. The van der Waals surface area contributed by atoms with Gasteiger partial charge < -0.3 is 5.32 Å². The number of benzene rings is 2. The second-order valence-electron chi connectivity index (χ2n) is 4.50. The molecule has 0 bridgehead atoms. The van der Waals surface area contributed by atoms with E-state index in [-0.39, 0.29) is 11.6 Å². The van der Waals surface area contributed by atoms with Gasteiger partial charge in [-0.2, -0.15) is 0 Å². The summed E-state index contributed by atoms with van der Waals surface area (Å²) in [7, 11) is 0. The Kier molecular flexibility index (Phi) is 4.67. The van der Waals surface area contributed by atoms with Gasteiger partial charge >= 0.3 is 0 Å². The Hall–Kier alpha value is -1.82. The van der Waals surface area contributed by atoms with E-state index >= 15 is 0 Å². The van der Waals surface area contributed by atoms with Crippen molar-refractivity contribution in [2.75, 3.05) is 0 Å². The Morgan fingerprint density at radius 1 is 1.14 bits per heavy atom. The minimum atomic E-state index is -1.59. The topological polar surface area (TPSA) is 29.1 Å². The SMILES string of the molecule is CC(NC(=O)c1cc(F)c(F)c(F)c1)c1cccc(Br)c1. The summed E-state index contributed by atoms with van der Waals surface area (Å²) >= 11 is 3.32. The molecule has 21 heavy (non-hydrogen) atoms. The standard InChI is InChI=1S/C15H11BrF3NO/c1-8(9-3-2-4-11(16)5-9)20-15(21)10-6-12(17)14(19)13(18)7-10/h2-8H,1H3,(H,20,21). The number of halogens is 4. The average Bonchev–Trinajstić information content (AvgIpc) is 2.44. The lowest BCUT2D eigenvalue weighted by Crippen LogP contribution is -2.27. The van der Waals surface area contributed by atoms with Gasteiger partial charge in [0.1, 0.15) is 0 Å². The van der Waals surface area contributed by atoms with Crippen molar-refractivity contribution in [2.45, 2.75) is 13.0 Å². The van der Waals surface area contributed by atoms with Crippen LogP contribution in [0, 0.1) is 17.5 Å². The highest BCUT2D eigenvalue weighted by Crippen LogP contribution is 2.19. The van der Waals surface area contributed by atoms with Gasteiger partial charge in [0.05, 0.1) is 6.04 Å². The number of hydrogen-bond acceptors (Lipinski definition) is 1. The Morgan fingerprint density at radius 2 is 1.76 bits per heavy atom. The molecule has 0 aliphatic rings. The molecule has 0 heterocycles. The van der Waals surface area contributed by atoms with Gasteiger partial charge in [0.2, 0.25) is 0 Å². The summed E-state index contributed by atoms with van der Waals surface area (Å²) in [6.07, 6.45) is 0. The van der Waals surface area contributed by atoms with Crippen molar-refractivity contribution in [1.29, 1.82) is 0 Å². The first-order valence-electron chi connectivity index (χ1n) is 6.09. The maximum atomic E-state index is 13.1. The smallest absolute Gasteiger partial charge is 0.251 e.